The Balaban J connectivity index is 2.24. The van der Waals surface area contributed by atoms with Gasteiger partial charge in [0, 0.05) is 25.9 Å². The summed E-state index contributed by atoms with van der Waals surface area (Å²) in [5.41, 5.74) is 5.01. The molecule has 0 bridgehead atoms. The lowest BCUT2D eigenvalue weighted by atomic mass is 9.95. The number of rotatable bonds is 2. The molecule has 0 radical (unpaired) electrons. The standard InChI is InChI=1S/C22H24N/c1-15-8-6-7-9-21(15)22-14-19(10-11-23(22)5)20-12-16(2)18(4)17(3)13-20/h6-14H,1-5H3/q+1/i2D3,4D3. The first-order valence-electron chi connectivity index (χ1n) is 10.6. The highest BCUT2D eigenvalue weighted by Gasteiger charge is 2.14. The molecular weight excluding hydrogens is 278 g/mol. The van der Waals surface area contributed by atoms with Gasteiger partial charge in [0.25, 0.3) is 0 Å². The van der Waals surface area contributed by atoms with Gasteiger partial charge < -0.3 is 0 Å². The van der Waals surface area contributed by atoms with E-state index >= 15 is 0 Å². The predicted molar refractivity (Wildman–Crippen MR) is 97.4 cm³/mol. The highest BCUT2D eigenvalue weighted by molar-refractivity contribution is 5.71. The Kier molecular flexibility index (Phi) is 2.52. The molecule has 0 aliphatic carbocycles. The van der Waals surface area contributed by atoms with Crippen molar-refractivity contribution >= 4 is 0 Å². The molecule has 3 aromatic rings. The minimum atomic E-state index is -2.51. The quantitative estimate of drug-likeness (QED) is 0.581. The zero-order chi connectivity index (χ0) is 21.6. The van der Waals surface area contributed by atoms with E-state index in [1.165, 1.54) is 6.07 Å². The number of hydrogen-bond acceptors (Lipinski definition) is 0. The predicted octanol–water partition coefficient (Wildman–Crippen LogP) is 5.08. The van der Waals surface area contributed by atoms with Gasteiger partial charge in [0.1, 0.15) is 7.05 Å². The largest absolute Gasteiger partial charge is 0.213 e. The van der Waals surface area contributed by atoms with Crippen molar-refractivity contribution < 1.29 is 12.8 Å². The Labute approximate surface area is 147 Å². The highest BCUT2D eigenvalue weighted by Crippen LogP contribution is 2.28. The number of aromatic nitrogens is 1. The van der Waals surface area contributed by atoms with Gasteiger partial charge in [-0.15, -0.1) is 0 Å². The molecule has 0 saturated carbocycles. The van der Waals surface area contributed by atoms with Crippen molar-refractivity contribution in [3.05, 3.63) is 77.0 Å². The van der Waals surface area contributed by atoms with E-state index in [0.29, 0.717) is 11.1 Å². The van der Waals surface area contributed by atoms with Crippen molar-refractivity contribution in [2.24, 2.45) is 7.05 Å². The zero-order valence-electron chi connectivity index (χ0n) is 19.6. The van der Waals surface area contributed by atoms with Crippen LogP contribution in [0.3, 0.4) is 0 Å². The van der Waals surface area contributed by atoms with Gasteiger partial charge in [0.05, 0.1) is 0 Å². The third-order valence-electron chi connectivity index (χ3n) is 4.24. The molecule has 1 aromatic heterocycles. The first kappa shape index (κ1) is 9.67. The molecule has 1 heterocycles. The van der Waals surface area contributed by atoms with Crippen LogP contribution in [0.25, 0.3) is 22.4 Å². The van der Waals surface area contributed by atoms with E-state index in [0.717, 1.165) is 22.4 Å². The number of aryl methyl sites for hydroxylation is 4. The fraction of sp³-hybridized carbons (Fsp3) is 0.227. The average Bonchev–Trinajstić information content (AvgIpc) is 2.60. The van der Waals surface area contributed by atoms with E-state index in [4.69, 9.17) is 8.22 Å². The number of hydrogen-bond donors (Lipinski definition) is 0. The molecular formula is C22H24N+. The van der Waals surface area contributed by atoms with Crippen molar-refractivity contribution in [3.8, 4) is 22.4 Å². The van der Waals surface area contributed by atoms with Crippen LogP contribution in [0.2, 0.25) is 0 Å². The first-order valence-corrected chi connectivity index (χ1v) is 7.61. The molecule has 1 heteroatoms. The van der Waals surface area contributed by atoms with Gasteiger partial charge in [0.2, 0.25) is 5.69 Å². The normalized spacial score (nSPS) is 15.8. The van der Waals surface area contributed by atoms with E-state index in [2.05, 4.69) is 0 Å². The molecule has 0 aliphatic rings. The molecule has 0 amide bonds. The lowest BCUT2D eigenvalue weighted by molar-refractivity contribution is -0.660. The molecule has 3 rings (SSSR count). The van der Waals surface area contributed by atoms with E-state index in [-0.39, 0.29) is 11.1 Å². The average molecular weight is 308 g/mol. The monoisotopic (exact) mass is 308 g/mol. The van der Waals surface area contributed by atoms with E-state index in [9.17, 15) is 0 Å². The molecule has 2 aromatic carbocycles. The topological polar surface area (TPSA) is 3.88 Å². The summed E-state index contributed by atoms with van der Waals surface area (Å²) < 4.78 is 49.0. The zero-order valence-corrected chi connectivity index (χ0v) is 13.6. The second-order valence-electron chi connectivity index (χ2n) is 5.94. The van der Waals surface area contributed by atoms with Crippen LogP contribution in [0.15, 0.2) is 54.7 Å². The van der Waals surface area contributed by atoms with Crippen molar-refractivity contribution in [2.45, 2.75) is 27.6 Å². The smallest absolute Gasteiger partial charge is 0.201 e. The van der Waals surface area contributed by atoms with Crippen LogP contribution in [0.5, 0.6) is 0 Å². The molecule has 116 valence electrons. The molecule has 1 nitrogen and oxygen atoms in total. The number of nitrogens with zero attached hydrogens (tertiary/aromatic N) is 1. The SMILES string of the molecule is [2H]C([2H])([2H])c1cc(-c2cc[n+](C)c(-c3ccccc3C)c2)cc(C)c1C([2H])([2H])[2H]. The maximum atomic E-state index is 7.87. The van der Waals surface area contributed by atoms with Crippen molar-refractivity contribution in [2.75, 3.05) is 0 Å². The van der Waals surface area contributed by atoms with E-state index in [1.54, 1.807) is 13.0 Å². The summed E-state index contributed by atoms with van der Waals surface area (Å²) in [5.74, 6) is 0. The van der Waals surface area contributed by atoms with Crippen molar-refractivity contribution in [3.63, 3.8) is 0 Å². The van der Waals surface area contributed by atoms with Crippen LogP contribution in [0.1, 0.15) is 30.5 Å². The van der Waals surface area contributed by atoms with E-state index < -0.39 is 13.7 Å². The maximum absolute atomic E-state index is 7.87. The minimum Gasteiger partial charge on any atom is -0.201 e. The summed E-state index contributed by atoms with van der Waals surface area (Å²) in [5, 5.41) is 0. The summed E-state index contributed by atoms with van der Waals surface area (Å²) in [4.78, 5) is 0. The highest BCUT2D eigenvalue weighted by atomic mass is 14.9. The first-order chi connectivity index (χ1) is 13.4. The van der Waals surface area contributed by atoms with Gasteiger partial charge in [0.15, 0.2) is 6.20 Å². The Morgan fingerprint density at radius 1 is 0.826 bits per heavy atom. The van der Waals surface area contributed by atoms with Crippen molar-refractivity contribution in [1.29, 1.82) is 0 Å². The Morgan fingerprint density at radius 2 is 1.61 bits per heavy atom. The van der Waals surface area contributed by atoms with Crippen LogP contribution >= 0.6 is 0 Å². The molecule has 0 aliphatic heterocycles. The van der Waals surface area contributed by atoms with Crippen LogP contribution < -0.4 is 4.57 Å². The Hall–Kier alpha value is -2.41. The molecule has 0 atom stereocenters. The third kappa shape index (κ3) is 2.92. The summed E-state index contributed by atoms with van der Waals surface area (Å²) in [7, 11) is 1.96. The molecule has 0 spiro atoms. The molecule has 23 heavy (non-hydrogen) atoms. The van der Waals surface area contributed by atoms with Gasteiger partial charge in [-0.25, -0.2) is 4.57 Å². The van der Waals surface area contributed by atoms with Crippen molar-refractivity contribution in [1.82, 2.24) is 0 Å². The van der Waals surface area contributed by atoms with Gasteiger partial charge in [-0.2, -0.15) is 0 Å². The Bertz CT molecular complexity index is 1060. The van der Waals surface area contributed by atoms with E-state index in [1.807, 2.05) is 61.1 Å². The van der Waals surface area contributed by atoms with Gasteiger partial charge in [-0.1, -0.05) is 30.3 Å². The third-order valence-corrected chi connectivity index (χ3v) is 4.24. The number of pyridine rings is 1. The van der Waals surface area contributed by atoms with Crippen LogP contribution in [-0.2, 0) is 7.05 Å². The summed E-state index contributed by atoms with van der Waals surface area (Å²) in [6, 6.07) is 15.2. The Morgan fingerprint density at radius 3 is 2.35 bits per heavy atom. The lowest BCUT2D eigenvalue weighted by Crippen LogP contribution is -2.30. The van der Waals surface area contributed by atoms with Gasteiger partial charge >= 0.3 is 0 Å². The summed E-state index contributed by atoms with van der Waals surface area (Å²) >= 11 is 0. The summed E-state index contributed by atoms with van der Waals surface area (Å²) in [6.07, 6.45) is 1.93. The minimum absolute atomic E-state index is 0.0816. The molecule has 0 N–H and O–H groups in total. The van der Waals surface area contributed by atoms with Gasteiger partial charge in [-0.3, -0.25) is 0 Å². The maximum Gasteiger partial charge on any atom is 0.213 e. The summed E-state index contributed by atoms with van der Waals surface area (Å²) in [6.45, 7) is -1.29. The second-order valence-corrected chi connectivity index (χ2v) is 5.94. The molecule has 0 saturated heterocycles. The lowest BCUT2D eigenvalue weighted by Gasteiger charge is -2.10. The van der Waals surface area contributed by atoms with Crippen LogP contribution in [-0.4, -0.2) is 0 Å². The fourth-order valence-corrected chi connectivity index (χ4v) is 2.83. The van der Waals surface area contributed by atoms with Gasteiger partial charge in [-0.05, 0) is 67.0 Å². The van der Waals surface area contributed by atoms with Crippen LogP contribution in [0, 0.1) is 27.6 Å². The molecule has 0 fully saturated rings. The molecule has 0 unspecified atom stereocenters. The number of benzene rings is 2. The second kappa shape index (κ2) is 6.00. The van der Waals surface area contributed by atoms with Crippen LogP contribution in [0.4, 0.5) is 0 Å². The fourth-order valence-electron chi connectivity index (χ4n) is 2.83.